The third-order valence-electron chi connectivity index (χ3n) is 2.56. The Balaban J connectivity index is 2.75. The van der Waals surface area contributed by atoms with Crippen LogP contribution in [-0.4, -0.2) is 22.2 Å². The first-order valence-electron chi connectivity index (χ1n) is 5.72. The molecule has 0 aliphatic rings. The van der Waals surface area contributed by atoms with E-state index in [0.29, 0.717) is 12.1 Å². The Morgan fingerprint density at radius 2 is 2.29 bits per heavy atom. The van der Waals surface area contributed by atoms with Crippen molar-refractivity contribution in [3.63, 3.8) is 0 Å². The molecule has 1 aromatic rings. The molecule has 0 aliphatic carbocycles. The van der Waals surface area contributed by atoms with Crippen molar-refractivity contribution in [2.45, 2.75) is 26.2 Å². The predicted octanol–water partition coefficient (Wildman–Crippen LogP) is 2.35. The highest BCUT2D eigenvalue weighted by atomic mass is 16.6. The largest absolute Gasteiger partial charge is 0.292 e. The molecule has 5 heteroatoms. The number of unbranched alkanes of at least 4 members (excludes halogenated alkanes) is 1. The summed E-state index contributed by atoms with van der Waals surface area (Å²) in [7, 11) is 0. The molecule has 0 bridgehead atoms. The number of carbonyl (C=O) groups is 1. The van der Waals surface area contributed by atoms with E-state index in [1.165, 1.54) is 6.20 Å². The first-order valence-corrected chi connectivity index (χ1v) is 5.72. The van der Waals surface area contributed by atoms with Gasteiger partial charge in [0.05, 0.1) is 5.92 Å². The summed E-state index contributed by atoms with van der Waals surface area (Å²) in [4.78, 5) is 26.1. The molecule has 5 nitrogen and oxygen atoms in total. The lowest BCUT2D eigenvalue weighted by molar-refractivity contribution is -0.485. The average Bonchev–Trinajstić information content (AvgIpc) is 2.34. The minimum Gasteiger partial charge on any atom is -0.292 e. The second-order valence-corrected chi connectivity index (χ2v) is 3.93. The molecule has 1 atom stereocenters. The van der Waals surface area contributed by atoms with Crippen LogP contribution in [0, 0.1) is 16.0 Å². The van der Waals surface area contributed by atoms with Gasteiger partial charge in [0.1, 0.15) is 5.69 Å². The molecule has 0 radical (unpaired) electrons. The lowest BCUT2D eigenvalue weighted by Crippen LogP contribution is -2.24. The number of hydrogen-bond donors (Lipinski definition) is 0. The fourth-order valence-corrected chi connectivity index (χ4v) is 1.65. The van der Waals surface area contributed by atoms with E-state index >= 15 is 0 Å². The molecular formula is C12H16N2O3. The van der Waals surface area contributed by atoms with Crippen molar-refractivity contribution in [2.24, 2.45) is 5.92 Å². The van der Waals surface area contributed by atoms with Gasteiger partial charge in [0.2, 0.25) is 6.54 Å². The van der Waals surface area contributed by atoms with Gasteiger partial charge in [-0.15, -0.1) is 0 Å². The summed E-state index contributed by atoms with van der Waals surface area (Å²) in [5.74, 6) is -0.782. The van der Waals surface area contributed by atoms with Gasteiger partial charge < -0.3 is 0 Å². The van der Waals surface area contributed by atoms with Crippen LogP contribution in [0.15, 0.2) is 24.4 Å². The van der Waals surface area contributed by atoms with Crippen LogP contribution < -0.4 is 0 Å². The van der Waals surface area contributed by atoms with Gasteiger partial charge in [-0.25, -0.2) is 0 Å². The number of aromatic nitrogens is 1. The smallest absolute Gasteiger partial charge is 0.213 e. The zero-order chi connectivity index (χ0) is 12.7. The Bertz CT molecular complexity index is 379. The highest BCUT2D eigenvalue weighted by molar-refractivity contribution is 5.96. The number of nitrogens with zero attached hydrogens (tertiary/aromatic N) is 2. The van der Waals surface area contributed by atoms with Gasteiger partial charge >= 0.3 is 0 Å². The minimum absolute atomic E-state index is 0.226. The molecular weight excluding hydrogens is 220 g/mol. The van der Waals surface area contributed by atoms with Crippen LogP contribution in [0.2, 0.25) is 0 Å². The van der Waals surface area contributed by atoms with Crippen molar-refractivity contribution in [1.29, 1.82) is 0 Å². The zero-order valence-electron chi connectivity index (χ0n) is 9.83. The Labute approximate surface area is 100 Å². The van der Waals surface area contributed by atoms with E-state index in [1.54, 1.807) is 18.2 Å². The summed E-state index contributed by atoms with van der Waals surface area (Å²) in [6, 6.07) is 5.02. The lowest BCUT2D eigenvalue weighted by Gasteiger charge is -2.10. The van der Waals surface area contributed by atoms with Gasteiger partial charge in [-0.05, 0) is 18.6 Å². The first-order chi connectivity index (χ1) is 8.15. The summed E-state index contributed by atoms with van der Waals surface area (Å²) in [6.07, 6.45) is 3.81. The molecule has 0 saturated carbocycles. The van der Waals surface area contributed by atoms with E-state index in [9.17, 15) is 14.9 Å². The van der Waals surface area contributed by atoms with E-state index in [-0.39, 0.29) is 12.3 Å². The van der Waals surface area contributed by atoms with Gasteiger partial charge in [-0.3, -0.25) is 19.9 Å². The summed E-state index contributed by atoms with van der Waals surface area (Å²) >= 11 is 0. The van der Waals surface area contributed by atoms with Crippen LogP contribution >= 0.6 is 0 Å². The Morgan fingerprint density at radius 1 is 1.53 bits per heavy atom. The first kappa shape index (κ1) is 13.3. The van der Waals surface area contributed by atoms with E-state index in [4.69, 9.17) is 0 Å². The van der Waals surface area contributed by atoms with Crippen molar-refractivity contribution in [2.75, 3.05) is 6.54 Å². The average molecular weight is 236 g/mol. The van der Waals surface area contributed by atoms with Crippen LogP contribution in [0.1, 0.15) is 36.7 Å². The van der Waals surface area contributed by atoms with Gasteiger partial charge in [0.25, 0.3) is 0 Å². The summed E-state index contributed by atoms with van der Waals surface area (Å²) in [6.45, 7) is 1.68. The van der Waals surface area contributed by atoms with E-state index in [1.807, 2.05) is 6.92 Å². The van der Waals surface area contributed by atoms with Gasteiger partial charge in [-0.1, -0.05) is 25.8 Å². The Hall–Kier alpha value is -1.78. The van der Waals surface area contributed by atoms with Crippen molar-refractivity contribution < 1.29 is 9.72 Å². The topological polar surface area (TPSA) is 73.1 Å². The third-order valence-corrected chi connectivity index (χ3v) is 2.56. The normalized spacial score (nSPS) is 12.1. The number of hydrogen-bond acceptors (Lipinski definition) is 4. The van der Waals surface area contributed by atoms with Crippen molar-refractivity contribution in [3.8, 4) is 0 Å². The molecule has 1 heterocycles. The molecule has 0 aromatic carbocycles. The summed E-state index contributed by atoms with van der Waals surface area (Å²) < 4.78 is 0. The SMILES string of the molecule is CCCC[C@@H](C[N+](=O)[O-])C(=O)c1ccccn1. The molecule has 1 aromatic heterocycles. The monoisotopic (exact) mass is 236 g/mol. The highest BCUT2D eigenvalue weighted by Crippen LogP contribution is 2.14. The maximum atomic E-state index is 12.0. The molecule has 0 saturated heterocycles. The van der Waals surface area contributed by atoms with Gasteiger partial charge in [0, 0.05) is 11.1 Å². The fourth-order valence-electron chi connectivity index (χ4n) is 1.65. The molecule has 0 fully saturated rings. The second-order valence-electron chi connectivity index (χ2n) is 3.93. The molecule has 0 amide bonds. The molecule has 17 heavy (non-hydrogen) atoms. The van der Waals surface area contributed by atoms with Crippen molar-refractivity contribution in [3.05, 3.63) is 40.2 Å². The highest BCUT2D eigenvalue weighted by Gasteiger charge is 2.25. The quantitative estimate of drug-likeness (QED) is 0.414. The Kier molecular flexibility index (Phi) is 5.26. The number of nitro groups is 1. The molecule has 0 aliphatic heterocycles. The summed E-state index contributed by atoms with van der Waals surface area (Å²) in [5.41, 5.74) is 0.315. The van der Waals surface area contributed by atoms with Crippen LogP contribution in [0.25, 0.3) is 0 Å². The molecule has 0 spiro atoms. The number of pyridine rings is 1. The number of carbonyl (C=O) groups excluding carboxylic acids is 1. The van der Waals surface area contributed by atoms with E-state index in [2.05, 4.69) is 4.98 Å². The molecule has 0 N–H and O–H groups in total. The molecule has 92 valence electrons. The number of rotatable bonds is 7. The van der Waals surface area contributed by atoms with Crippen LogP contribution in [0.5, 0.6) is 0 Å². The Morgan fingerprint density at radius 3 is 2.82 bits per heavy atom. The van der Waals surface area contributed by atoms with E-state index < -0.39 is 10.8 Å². The molecule has 1 rings (SSSR count). The lowest BCUT2D eigenvalue weighted by atomic mass is 9.95. The van der Waals surface area contributed by atoms with Crippen LogP contribution in [-0.2, 0) is 0 Å². The van der Waals surface area contributed by atoms with Crippen molar-refractivity contribution >= 4 is 5.78 Å². The minimum atomic E-state index is -0.556. The maximum Gasteiger partial charge on any atom is 0.213 e. The maximum absolute atomic E-state index is 12.0. The fraction of sp³-hybridized carbons (Fsp3) is 0.500. The van der Waals surface area contributed by atoms with E-state index in [0.717, 1.165) is 12.8 Å². The second kappa shape index (κ2) is 6.73. The third kappa shape index (κ3) is 4.30. The van der Waals surface area contributed by atoms with Gasteiger partial charge in [0.15, 0.2) is 5.78 Å². The van der Waals surface area contributed by atoms with Gasteiger partial charge in [-0.2, -0.15) is 0 Å². The zero-order valence-corrected chi connectivity index (χ0v) is 9.83. The van der Waals surface area contributed by atoms with Crippen molar-refractivity contribution in [1.82, 2.24) is 4.98 Å². The number of Topliss-reactive ketones (excluding diaryl/α,β-unsaturated/α-hetero) is 1. The summed E-state index contributed by atoms with van der Waals surface area (Å²) in [5, 5.41) is 10.5. The number of ketones is 1. The molecule has 0 unspecified atom stereocenters. The predicted molar refractivity (Wildman–Crippen MR) is 63.4 cm³/mol. The standard InChI is InChI=1S/C12H16N2O3/c1-2-3-6-10(9-14(16)17)12(15)11-7-4-5-8-13-11/h4-5,7-8,10H,2-3,6,9H2,1H3/t10-/m0/s1. The van der Waals surface area contributed by atoms with Crippen LogP contribution in [0.4, 0.5) is 0 Å². The van der Waals surface area contributed by atoms with Crippen LogP contribution in [0.3, 0.4) is 0 Å².